The summed E-state index contributed by atoms with van der Waals surface area (Å²) in [7, 11) is -1.67. The molecule has 0 bridgehead atoms. The number of nitrogens with one attached hydrogen (secondary N) is 1. The molecule has 0 aromatic carbocycles. The van der Waals surface area contributed by atoms with Crippen LogP contribution >= 0.6 is 0 Å². The second-order valence-corrected chi connectivity index (χ2v) is 7.49. The summed E-state index contributed by atoms with van der Waals surface area (Å²) >= 11 is 0. The van der Waals surface area contributed by atoms with Crippen LogP contribution in [-0.4, -0.2) is 42.6 Å². The highest BCUT2D eigenvalue weighted by molar-refractivity contribution is 7.89. The molecule has 0 spiro atoms. The molecular weight excluding hydrogens is 262 g/mol. The molecule has 0 radical (unpaired) electrons. The van der Waals surface area contributed by atoms with E-state index < -0.39 is 15.3 Å². The fourth-order valence-electron chi connectivity index (χ4n) is 1.65. The summed E-state index contributed by atoms with van der Waals surface area (Å²) in [6.07, 6.45) is 3.33. The van der Waals surface area contributed by atoms with Crippen LogP contribution in [0.3, 0.4) is 0 Å². The third-order valence-electron chi connectivity index (χ3n) is 2.91. The number of hydrogen-bond acceptors (Lipinski definition) is 4. The summed E-state index contributed by atoms with van der Waals surface area (Å²) in [6, 6.07) is 3.93. The fourth-order valence-corrected chi connectivity index (χ4v) is 2.90. The van der Waals surface area contributed by atoms with Crippen LogP contribution in [0.5, 0.6) is 0 Å². The average Bonchev–Trinajstić information content (AvgIpc) is 2.36. The highest BCUT2D eigenvalue weighted by Crippen LogP contribution is 2.11. The smallest absolute Gasteiger partial charge is 0.218 e. The summed E-state index contributed by atoms with van der Waals surface area (Å²) in [5.41, 5.74) is 0.935. The van der Waals surface area contributed by atoms with Gasteiger partial charge in [-0.2, -0.15) is 0 Å². The Hall–Kier alpha value is -0.980. The van der Waals surface area contributed by atoms with Crippen molar-refractivity contribution in [3.8, 4) is 0 Å². The Balaban J connectivity index is 2.66. The predicted molar refractivity (Wildman–Crippen MR) is 77.2 cm³/mol. The number of nitrogens with zero attached hydrogens (tertiary/aromatic N) is 2. The van der Waals surface area contributed by atoms with Gasteiger partial charge in [0.1, 0.15) is 0 Å². The zero-order chi connectivity index (χ0) is 14.5. The van der Waals surface area contributed by atoms with Gasteiger partial charge in [0.15, 0.2) is 0 Å². The topological polar surface area (TPSA) is 62.3 Å². The average molecular weight is 285 g/mol. The normalized spacial score (nSPS) is 14.0. The van der Waals surface area contributed by atoms with Gasteiger partial charge in [-0.15, -0.1) is 0 Å². The molecule has 19 heavy (non-hydrogen) atoms. The maximum absolute atomic E-state index is 12.3. The summed E-state index contributed by atoms with van der Waals surface area (Å²) in [5.74, 6) is 0. The first kappa shape index (κ1) is 16.1. The Kier molecular flexibility index (Phi) is 5.90. The molecule has 0 amide bonds. The first-order chi connectivity index (χ1) is 8.84. The lowest BCUT2D eigenvalue weighted by Crippen LogP contribution is -2.41. The van der Waals surface area contributed by atoms with Crippen LogP contribution in [-0.2, 0) is 16.6 Å². The molecule has 0 aliphatic carbocycles. The van der Waals surface area contributed by atoms with Crippen molar-refractivity contribution in [1.82, 2.24) is 14.6 Å². The highest BCUT2D eigenvalue weighted by Gasteiger charge is 2.25. The van der Waals surface area contributed by atoms with Crippen LogP contribution in [0.15, 0.2) is 24.5 Å². The molecule has 6 heteroatoms. The molecule has 1 heterocycles. The first-order valence-corrected chi connectivity index (χ1v) is 7.91. The van der Waals surface area contributed by atoms with Crippen molar-refractivity contribution in [2.45, 2.75) is 38.6 Å². The van der Waals surface area contributed by atoms with Gasteiger partial charge in [0, 0.05) is 38.6 Å². The second kappa shape index (κ2) is 6.98. The van der Waals surface area contributed by atoms with Crippen molar-refractivity contribution < 1.29 is 8.42 Å². The molecule has 1 atom stereocenters. The molecule has 1 unspecified atom stereocenters. The minimum atomic E-state index is -3.28. The quantitative estimate of drug-likeness (QED) is 0.818. The molecule has 0 aliphatic heterocycles. The van der Waals surface area contributed by atoms with Gasteiger partial charge >= 0.3 is 0 Å². The van der Waals surface area contributed by atoms with Crippen LogP contribution in [0, 0.1) is 0 Å². The number of sulfonamides is 1. The zero-order valence-corrected chi connectivity index (χ0v) is 12.8. The van der Waals surface area contributed by atoms with E-state index in [0.29, 0.717) is 13.1 Å². The maximum atomic E-state index is 12.3. The Morgan fingerprint density at radius 1 is 1.26 bits per heavy atom. The van der Waals surface area contributed by atoms with E-state index in [-0.39, 0.29) is 6.04 Å². The van der Waals surface area contributed by atoms with Crippen molar-refractivity contribution in [1.29, 1.82) is 0 Å². The van der Waals surface area contributed by atoms with Gasteiger partial charge in [-0.1, -0.05) is 13.8 Å². The monoisotopic (exact) mass is 285 g/mol. The molecule has 5 nitrogen and oxygen atoms in total. The van der Waals surface area contributed by atoms with Crippen molar-refractivity contribution in [3.05, 3.63) is 30.1 Å². The lowest BCUT2D eigenvalue weighted by Gasteiger charge is -2.23. The van der Waals surface area contributed by atoms with E-state index in [2.05, 4.69) is 10.3 Å². The van der Waals surface area contributed by atoms with Gasteiger partial charge < -0.3 is 5.32 Å². The van der Waals surface area contributed by atoms with E-state index >= 15 is 0 Å². The van der Waals surface area contributed by atoms with Gasteiger partial charge in [0.25, 0.3) is 0 Å². The molecule has 0 fully saturated rings. The zero-order valence-electron chi connectivity index (χ0n) is 12.0. The summed E-state index contributed by atoms with van der Waals surface area (Å²) in [6.45, 7) is 6.56. The van der Waals surface area contributed by atoms with Crippen molar-refractivity contribution in [2.75, 3.05) is 13.6 Å². The standard InChI is InChI=1S/C13H23N3O2S/c1-11(2)15-9-12(3)19(17,18)16(4)10-13-5-7-14-8-6-13/h5-8,11-12,15H,9-10H2,1-4H3. The van der Waals surface area contributed by atoms with Gasteiger partial charge in [0.05, 0.1) is 5.25 Å². The Bertz CT molecular complexity index is 474. The van der Waals surface area contributed by atoms with Gasteiger partial charge in [-0.25, -0.2) is 12.7 Å². The first-order valence-electron chi connectivity index (χ1n) is 6.41. The summed E-state index contributed by atoms with van der Waals surface area (Å²) in [5, 5.41) is 2.71. The van der Waals surface area contributed by atoms with Crippen LogP contribution in [0.4, 0.5) is 0 Å². The predicted octanol–water partition coefficient (Wildman–Crippen LogP) is 1.23. The molecule has 1 rings (SSSR count). The lowest BCUT2D eigenvalue weighted by molar-refractivity contribution is 0.450. The highest BCUT2D eigenvalue weighted by atomic mass is 32.2. The van der Waals surface area contributed by atoms with Gasteiger partial charge in [-0.3, -0.25) is 4.98 Å². The van der Waals surface area contributed by atoms with Crippen molar-refractivity contribution >= 4 is 10.0 Å². The Morgan fingerprint density at radius 3 is 2.37 bits per heavy atom. The Labute approximate surface area is 116 Å². The molecule has 0 saturated heterocycles. The molecule has 1 N–H and O–H groups in total. The minimum absolute atomic E-state index is 0.281. The number of hydrogen-bond donors (Lipinski definition) is 1. The van der Waals surface area contributed by atoms with Gasteiger partial charge in [-0.05, 0) is 24.6 Å². The fraction of sp³-hybridized carbons (Fsp3) is 0.615. The van der Waals surface area contributed by atoms with Crippen molar-refractivity contribution in [3.63, 3.8) is 0 Å². The number of aromatic nitrogens is 1. The largest absolute Gasteiger partial charge is 0.313 e. The maximum Gasteiger partial charge on any atom is 0.218 e. The Morgan fingerprint density at radius 2 is 1.84 bits per heavy atom. The van der Waals surface area contributed by atoms with Crippen LogP contribution < -0.4 is 5.32 Å². The van der Waals surface area contributed by atoms with E-state index in [1.54, 1.807) is 26.4 Å². The van der Waals surface area contributed by atoms with E-state index in [1.807, 2.05) is 26.0 Å². The minimum Gasteiger partial charge on any atom is -0.313 e. The van der Waals surface area contributed by atoms with Crippen LogP contribution in [0.25, 0.3) is 0 Å². The van der Waals surface area contributed by atoms with Crippen LogP contribution in [0.2, 0.25) is 0 Å². The number of rotatable bonds is 7. The third kappa shape index (κ3) is 4.89. The summed E-state index contributed by atoms with van der Waals surface area (Å²) < 4.78 is 26.0. The number of pyridine rings is 1. The summed E-state index contributed by atoms with van der Waals surface area (Å²) in [4.78, 5) is 3.92. The molecule has 1 aromatic heterocycles. The molecule has 0 saturated carbocycles. The van der Waals surface area contributed by atoms with Gasteiger partial charge in [0.2, 0.25) is 10.0 Å². The molecular formula is C13H23N3O2S. The lowest BCUT2D eigenvalue weighted by atomic mass is 10.3. The molecule has 0 aliphatic rings. The van der Waals surface area contributed by atoms with E-state index in [9.17, 15) is 8.42 Å². The second-order valence-electron chi connectivity index (χ2n) is 5.03. The van der Waals surface area contributed by atoms with E-state index in [4.69, 9.17) is 0 Å². The van der Waals surface area contributed by atoms with E-state index in [0.717, 1.165) is 5.56 Å². The van der Waals surface area contributed by atoms with Crippen molar-refractivity contribution in [2.24, 2.45) is 0 Å². The SMILES string of the molecule is CC(C)NCC(C)S(=O)(=O)N(C)Cc1ccncc1. The third-order valence-corrected chi connectivity index (χ3v) is 5.09. The molecule has 1 aromatic rings. The molecule has 108 valence electrons. The van der Waals surface area contributed by atoms with E-state index in [1.165, 1.54) is 4.31 Å². The van der Waals surface area contributed by atoms with Crippen LogP contribution in [0.1, 0.15) is 26.3 Å².